The van der Waals surface area contributed by atoms with E-state index in [1.807, 2.05) is 72.8 Å². The number of hydrogen-bond donors (Lipinski definition) is 4. The molecule has 0 radical (unpaired) electrons. The van der Waals surface area contributed by atoms with Crippen LogP contribution in [0.5, 0.6) is 0 Å². The van der Waals surface area contributed by atoms with E-state index in [2.05, 4.69) is 15.5 Å². The number of benzene rings is 3. The molecule has 7 nitrogen and oxygen atoms in total. The molecule has 4 N–H and O–H groups in total. The average Bonchev–Trinajstić information content (AvgIpc) is 3.45. The fourth-order valence-corrected chi connectivity index (χ4v) is 4.78. The number of aliphatic hydroxyl groups excluding tert-OH is 2. The van der Waals surface area contributed by atoms with Crippen LogP contribution < -0.4 is 10.6 Å². The highest BCUT2D eigenvalue weighted by molar-refractivity contribution is 5.94. The largest absolute Gasteiger partial charge is 0.390 e. The molecular weight excluding hydrogens is 478 g/mol. The van der Waals surface area contributed by atoms with Gasteiger partial charge in [0.25, 0.3) is 5.91 Å². The minimum Gasteiger partial charge on any atom is -0.390 e. The van der Waals surface area contributed by atoms with E-state index in [1.165, 1.54) is 12.8 Å². The predicted octanol–water partition coefficient (Wildman–Crippen LogP) is 3.05. The molecule has 0 unspecified atom stereocenters. The lowest BCUT2D eigenvalue weighted by Gasteiger charge is -2.28. The lowest BCUT2D eigenvalue weighted by Crippen LogP contribution is -2.50. The summed E-state index contributed by atoms with van der Waals surface area (Å²) in [7, 11) is 0. The highest BCUT2D eigenvalue weighted by Gasteiger charge is 2.30. The highest BCUT2D eigenvalue weighted by Crippen LogP contribution is 2.15. The molecule has 4 rings (SSSR count). The molecule has 2 amide bonds. The van der Waals surface area contributed by atoms with Crippen LogP contribution in [0.3, 0.4) is 0 Å². The summed E-state index contributed by atoms with van der Waals surface area (Å²) in [6, 6.07) is 25.6. The summed E-state index contributed by atoms with van der Waals surface area (Å²) < 4.78 is 0. The molecule has 0 bridgehead atoms. The SMILES string of the molecule is O=C(C[C@@H](O)[C@H](O)[C@H](Cc1ccccc1)NC(=O)c1ccc(CN2CCCC2)cc1)NCc1ccccc1. The molecule has 1 aliphatic rings. The topological polar surface area (TPSA) is 102 Å². The lowest BCUT2D eigenvalue weighted by molar-refractivity contribution is -0.125. The standard InChI is InChI=1S/C31H37N3O4/c35-28(20-29(36)32-21-24-11-5-2-6-12-24)30(37)27(19-23-9-3-1-4-10-23)33-31(38)26-15-13-25(14-16-26)22-34-17-7-8-18-34/h1-6,9-16,27-28,30,35,37H,7-8,17-22H2,(H,32,36)(H,33,38)/t27-,28+,30+/m0/s1. The van der Waals surface area contributed by atoms with Gasteiger partial charge >= 0.3 is 0 Å². The number of hydrogen-bond acceptors (Lipinski definition) is 5. The number of rotatable bonds is 12. The Morgan fingerprint density at radius 2 is 1.39 bits per heavy atom. The average molecular weight is 516 g/mol. The van der Waals surface area contributed by atoms with Crippen molar-refractivity contribution in [2.45, 2.75) is 57.0 Å². The first-order valence-electron chi connectivity index (χ1n) is 13.3. The smallest absolute Gasteiger partial charge is 0.251 e. The van der Waals surface area contributed by atoms with Crippen molar-refractivity contribution in [3.63, 3.8) is 0 Å². The molecule has 3 atom stereocenters. The normalized spacial score (nSPS) is 15.9. The van der Waals surface area contributed by atoms with E-state index < -0.39 is 18.2 Å². The molecule has 38 heavy (non-hydrogen) atoms. The van der Waals surface area contributed by atoms with E-state index in [9.17, 15) is 19.8 Å². The Hall–Kier alpha value is -3.52. The van der Waals surface area contributed by atoms with Gasteiger partial charge in [-0.15, -0.1) is 0 Å². The van der Waals surface area contributed by atoms with E-state index in [4.69, 9.17) is 0 Å². The van der Waals surface area contributed by atoms with E-state index in [0.29, 0.717) is 18.5 Å². The van der Waals surface area contributed by atoms with Crippen LogP contribution in [-0.4, -0.2) is 58.3 Å². The van der Waals surface area contributed by atoms with Crippen molar-refractivity contribution in [2.24, 2.45) is 0 Å². The maximum Gasteiger partial charge on any atom is 0.251 e. The number of amides is 2. The minimum absolute atomic E-state index is 0.277. The maximum absolute atomic E-state index is 13.1. The summed E-state index contributed by atoms with van der Waals surface area (Å²) in [6.07, 6.45) is -0.194. The van der Waals surface area contributed by atoms with Gasteiger partial charge in [0.05, 0.1) is 18.6 Å². The van der Waals surface area contributed by atoms with Gasteiger partial charge in [-0.05, 0) is 61.2 Å². The Bertz CT molecular complexity index is 1150. The molecule has 3 aromatic carbocycles. The van der Waals surface area contributed by atoms with Crippen molar-refractivity contribution in [3.8, 4) is 0 Å². The number of carbonyl (C=O) groups is 2. The minimum atomic E-state index is -1.34. The number of nitrogens with zero attached hydrogens (tertiary/aromatic N) is 1. The summed E-state index contributed by atoms with van der Waals surface area (Å²) in [5.74, 6) is -0.711. The molecular formula is C31H37N3O4. The van der Waals surface area contributed by atoms with E-state index in [0.717, 1.165) is 36.3 Å². The van der Waals surface area contributed by atoms with Crippen LogP contribution in [0.2, 0.25) is 0 Å². The van der Waals surface area contributed by atoms with Gasteiger partial charge in [0, 0.05) is 18.7 Å². The summed E-state index contributed by atoms with van der Waals surface area (Å²) >= 11 is 0. The Morgan fingerprint density at radius 1 is 0.789 bits per heavy atom. The molecule has 1 heterocycles. The van der Waals surface area contributed by atoms with Gasteiger partial charge in [0.1, 0.15) is 6.10 Å². The summed E-state index contributed by atoms with van der Waals surface area (Å²) in [4.78, 5) is 28.0. The molecule has 1 saturated heterocycles. The molecule has 1 aliphatic heterocycles. The van der Waals surface area contributed by atoms with Crippen molar-refractivity contribution >= 4 is 11.8 Å². The zero-order valence-electron chi connectivity index (χ0n) is 21.6. The van der Waals surface area contributed by atoms with Gasteiger partial charge < -0.3 is 20.8 Å². The van der Waals surface area contributed by atoms with Gasteiger partial charge in [-0.1, -0.05) is 72.8 Å². The maximum atomic E-state index is 13.1. The van der Waals surface area contributed by atoms with Gasteiger partial charge in [-0.2, -0.15) is 0 Å². The number of likely N-dealkylation sites (tertiary alicyclic amines) is 1. The van der Waals surface area contributed by atoms with Crippen molar-refractivity contribution in [2.75, 3.05) is 13.1 Å². The lowest BCUT2D eigenvalue weighted by atomic mass is 9.95. The Balaban J connectivity index is 1.37. The van der Waals surface area contributed by atoms with Crippen LogP contribution in [0.25, 0.3) is 0 Å². The third kappa shape index (κ3) is 8.25. The van der Waals surface area contributed by atoms with Crippen LogP contribution in [-0.2, 0) is 24.3 Å². The molecule has 0 saturated carbocycles. The number of nitrogens with one attached hydrogen (secondary N) is 2. The second kappa shape index (κ2) is 13.9. The molecule has 0 aromatic heterocycles. The summed E-state index contributed by atoms with van der Waals surface area (Å²) in [5.41, 5.74) is 3.48. The van der Waals surface area contributed by atoms with Crippen molar-refractivity contribution in [1.82, 2.24) is 15.5 Å². The van der Waals surface area contributed by atoms with E-state index in [1.54, 1.807) is 12.1 Å². The highest BCUT2D eigenvalue weighted by atomic mass is 16.3. The van der Waals surface area contributed by atoms with Gasteiger partial charge in [-0.3, -0.25) is 14.5 Å². The Kier molecular flexibility index (Phi) is 10.0. The first-order chi connectivity index (χ1) is 18.5. The Labute approximate surface area is 224 Å². The zero-order valence-corrected chi connectivity index (χ0v) is 21.6. The van der Waals surface area contributed by atoms with Crippen molar-refractivity contribution in [3.05, 3.63) is 107 Å². The second-order valence-electron chi connectivity index (χ2n) is 9.97. The summed E-state index contributed by atoms with van der Waals surface area (Å²) in [5, 5.41) is 27.4. The van der Waals surface area contributed by atoms with E-state index >= 15 is 0 Å². The first-order valence-corrected chi connectivity index (χ1v) is 13.3. The van der Waals surface area contributed by atoms with Crippen LogP contribution in [0.15, 0.2) is 84.9 Å². The van der Waals surface area contributed by atoms with Gasteiger partial charge in [-0.25, -0.2) is 0 Å². The second-order valence-corrected chi connectivity index (χ2v) is 9.97. The third-order valence-electron chi connectivity index (χ3n) is 6.97. The summed E-state index contributed by atoms with van der Waals surface area (Å²) in [6.45, 7) is 3.41. The fourth-order valence-electron chi connectivity index (χ4n) is 4.78. The molecule has 7 heteroatoms. The number of carbonyl (C=O) groups excluding carboxylic acids is 2. The molecule has 0 spiro atoms. The quantitative estimate of drug-likeness (QED) is 0.297. The molecule has 0 aliphatic carbocycles. The molecule has 200 valence electrons. The van der Waals surface area contributed by atoms with Gasteiger partial charge in [0.15, 0.2) is 0 Å². The first kappa shape index (κ1) is 27.5. The van der Waals surface area contributed by atoms with E-state index in [-0.39, 0.29) is 18.2 Å². The molecule has 3 aromatic rings. The predicted molar refractivity (Wildman–Crippen MR) is 147 cm³/mol. The fraction of sp³-hybridized carbons (Fsp3) is 0.355. The van der Waals surface area contributed by atoms with Crippen LogP contribution >= 0.6 is 0 Å². The number of aliphatic hydroxyl groups is 2. The molecule has 1 fully saturated rings. The van der Waals surface area contributed by atoms with Crippen LogP contribution in [0.1, 0.15) is 46.3 Å². The van der Waals surface area contributed by atoms with Crippen molar-refractivity contribution in [1.29, 1.82) is 0 Å². The third-order valence-corrected chi connectivity index (χ3v) is 6.97. The van der Waals surface area contributed by atoms with Crippen molar-refractivity contribution < 1.29 is 19.8 Å². The van der Waals surface area contributed by atoms with Gasteiger partial charge in [0.2, 0.25) is 5.91 Å². The van der Waals surface area contributed by atoms with Crippen LogP contribution in [0, 0.1) is 0 Å². The zero-order chi connectivity index (χ0) is 26.7. The Morgan fingerprint density at radius 3 is 2.03 bits per heavy atom. The van der Waals surface area contributed by atoms with Crippen LogP contribution in [0.4, 0.5) is 0 Å². The monoisotopic (exact) mass is 515 g/mol.